The predicted octanol–water partition coefficient (Wildman–Crippen LogP) is 1.30. The van der Waals surface area contributed by atoms with Gasteiger partial charge in [-0.15, -0.1) is 0 Å². The number of rotatable bonds is 4. The first-order valence-corrected chi connectivity index (χ1v) is 6.18. The van der Waals surface area contributed by atoms with E-state index in [1.165, 1.54) is 0 Å². The number of pyridine rings is 1. The van der Waals surface area contributed by atoms with E-state index in [4.69, 9.17) is 10.2 Å². The average molecular weight is 250 g/mol. The summed E-state index contributed by atoms with van der Waals surface area (Å²) in [6.07, 6.45) is 1.88. The molecule has 2 heterocycles. The largest absolute Gasteiger partial charge is 0.478 e. The van der Waals surface area contributed by atoms with Gasteiger partial charge in [-0.3, -0.25) is 0 Å². The topological polar surface area (TPSA) is 73.7 Å². The third-order valence-corrected chi connectivity index (χ3v) is 3.45. The third kappa shape index (κ3) is 2.61. The minimum Gasteiger partial charge on any atom is -0.478 e. The van der Waals surface area contributed by atoms with Crippen LogP contribution >= 0.6 is 0 Å². The Morgan fingerprint density at radius 3 is 2.94 bits per heavy atom. The van der Waals surface area contributed by atoms with E-state index in [9.17, 15) is 4.79 Å². The zero-order valence-corrected chi connectivity index (χ0v) is 10.5. The molecule has 1 unspecified atom stereocenters. The highest BCUT2D eigenvalue weighted by Gasteiger charge is 2.23. The molecule has 1 atom stereocenters. The van der Waals surface area contributed by atoms with Gasteiger partial charge in [-0.25, -0.2) is 9.78 Å². The summed E-state index contributed by atoms with van der Waals surface area (Å²) in [7, 11) is 0. The highest BCUT2D eigenvalue weighted by atomic mass is 16.4. The minimum absolute atomic E-state index is 0.225. The van der Waals surface area contributed by atoms with Crippen LogP contribution in [-0.2, 0) is 0 Å². The van der Waals surface area contributed by atoms with Crippen molar-refractivity contribution in [3.8, 4) is 0 Å². The van der Waals surface area contributed by atoms with E-state index in [2.05, 4.69) is 9.88 Å². The van der Waals surface area contributed by atoms with Crippen LogP contribution in [0.15, 0.2) is 12.1 Å². The fourth-order valence-electron chi connectivity index (χ4n) is 2.41. The van der Waals surface area contributed by atoms with E-state index in [0.29, 0.717) is 11.6 Å². The van der Waals surface area contributed by atoms with Crippen molar-refractivity contribution in [3.63, 3.8) is 0 Å². The summed E-state index contributed by atoms with van der Waals surface area (Å²) < 4.78 is 0. The summed E-state index contributed by atoms with van der Waals surface area (Å²) in [5, 5.41) is 17.9. The molecule has 0 spiro atoms. The molecule has 1 fully saturated rings. The summed E-state index contributed by atoms with van der Waals surface area (Å²) in [6, 6.07) is 3.37. The molecule has 5 nitrogen and oxygen atoms in total. The number of carboxylic acids is 1. The van der Waals surface area contributed by atoms with Gasteiger partial charge in [0, 0.05) is 19.7 Å². The van der Waals surface area contributed by atoms with Gasteiger partial charge in [0.2, 0.25) is 0 Å². The van der Waals surface area contributed by atoms with Crippen molar-refractivity contribution in [3.05, 3.63) is 23.4 Å². The van der Waals surface area contributed by atoms with Crippen LogP contribution in [0.5, 0.6) is 0 Å². The molecule has 0 radical (unpaired) electrons. The van der Waals surface area contributed by atoms with Crippen molar-refractivity contribution in [2.45, 2.75) is 19.8 Å². The molecule has 2 N–H and O–H groups in total. The van der Waals surface area contributed by atoms with E-state index in [1.807, 2.05) is 0 Å². The Labute approximate surface area is 106 Å². The van der Waals surface area contributed by atoms with Gasteiger partial charge < -0.3 is 15.1 Å². The zero-order chi connectivity index (χ0) is 13.1. The van der Waals surface area contributed by atoms with Crippen LogP contribution in [0.4, 0.5) is 5.82 Å². The standard InChI is InChI=1S/C13H18N2O3/c1-9-11(13(17)18)2-3-12(14-9)15-6-4-10(8-15)5-7-16/h2-3,10,16H,4-8H2,1H3,(H,17,18). The second-order valence-corrected chi connectivity index (χ2v) is 4.72. The SMILES string of the molecule is Cc1nc(N2CCC(CCO)C2)ccc1C(=O)O. The highest BCUT2D eigenvalue weighted by molar-refractivity contribution is 5.89. The van der Waals surface area contributed by atoms with E-state index in [0.717, 1.165) is 31.7 Å². The molecule has 18 heavy (non-hydrogen) atoms. The molecule has 0 bridgehead atoms. The van der Waals surface area contributed by atoms with Gasteiger partial charge in [-0.05, 0) is 37.8 Å². The normalized spacial score (nSPS) is 19.2. The number of hydrogen-bond donors (Lipinski definition) is 2. The van der Waals surface area contributed by atoms with Crippen LogP contribution in [0, 0.1) is 12.8 Å². The molecule has 0 saturated carbocycles. The number of hydrogen-bond acceptors (Lipinski definition) is 4. The smallest absolute Gasteiger partial charge is 0.337 e. The van der Waals surface area contributed by atoms with E-state index in [1.54, 1.807) is 19.1 Å². The molecule has 1 saturated heterocycles. The molecule has 0 aromatic carbocycles. The summed E-state index contributed by atoms with van der Waals surface area (Å²) in [5.41, 5.74) is 0.801. The molecular weight excluding hydrogens is 232 g/mol. The Morgan fingerprint density at radius 2 is 2.33 bits per heavy atom. The molecule has 1 aromatic heterocycles. The Hall–Kier alpha value is -1.62. The summed E-state index contributed by atoms with van der Waals surface area (Å²) >= 11 is 0. The van der Waals surface area contributed by atoms with Gasteiger partial charge in [0.05, 0.1) is 11.3 Å². The number of aliphatic hydroxyl groups is 1. The second kappa shape index (κ2) is 5.35. The van der Waals surface area contributed by atoms with Gasteiger partial charge in [0.1, 0.15) is 5.82 Å². The first kappa shape index (κ1) is 12.8. The fraction of sp³-hybridized carbons (Fsp3) is 0.538. The number of aromatic carboxylic acids is 1. The number of anilines is 1. The van der Waals surface area contributed by atoms with Crippen LogP contribution < -0.4 is 4.90 Å². The van der Waals surface area contributed by atoms with Gasteiger partial charge in [0.25, 0.3) is 0 Å². The number of carbonyl (C=O) groups is 1. The first-order chi connectivity index (χ1) is 8.61. The summed E-state index contributed by atoms with van der Waals surface area (Å²) in [5.74, 6) is 0.403. The number of nitrogens with zero attached hydrogens (tertiary/aromatic N) is 2. The van der Waals surface area contributed by atoms with E-state index >= 15 is 0 Å². The van der Waals surface area contributed by atoms with E-state index < -0.39 is 5.97 Å². The van der Waals surface area contributed by atoms with E-state index in [-0.39, 0.29) is 12.2 Å². The molecule has 2 rings (SSSR count). The lowest BCUT2D eigenvalue weighted by Gasteiger charge is -2.18. The monoisotopic (exact) mass is 250 g/mol. The molecule has 98 valence electrons. The Kier molecular flexibility index (Phi) is 3.81. The maximum absolute atomic E-state index is 10.9. The van der Waals surface area contributed by atoms with Crippen molar-refractivity contribution in [2.75, 3.05) is 24.6 Å². The van der Waals surface area contributed by atoms with Gasteiger partial charge in [0.15, 0.2) is 0 Å². The Morgan fingerprint density at radius 1 is 1.56 bits per heavy atom. The van der Waals surface area contributed by atoms with Crippen LogP contribution in [0.3, 0.4) is 0 Å². The molecule has 1 aromatic rings. The maximum Gasteiger partial charge on any atom is 0.337 e. The average Bonchev–Trinajstić information content (AvgIpc) is 2.77. The van der Waals surface area contributed by atoms with Crippen molar-refractivity contribution in [1.29, 1.82) is 0 Å². The Bertz CT molecular complexity index is 448. The zero-order valence-electron chi connectivity index (χ0n) is 10.5. The van der Waals surface area contributed by atoms with Crippen LogP contribution in [0.25, 0.3) is 0 Å². The lowest BCUT2D eigenvalue weighted by atomic mass is 10.1. The molecule has 0 amide bonds. The lowest BCUT2D eigenvalue weighted by molar-refractivity contribution is 0.0695. The van der Waals surface area contributed by atoms with Gasteiger partial charge >= 0.3 is 5.97 Å². The Balaban J connectivity index is 2.11. The maximum atomic E-state index is 10.9. The molecule has 1 aliphatic heterocycles. The van der Waals surface area contributed by atoms with Crippen molar-refractivity contribution in [2.24, 2.45) is 5.92 Å². The highest BCUT2D eigenvalue weighted by Crippen LogP contribution is 2.24. The number of aromatic nitrogens is 1. The van der Waals surface area contributed by atoms with Crippen LogP contribution in [0.2, 0.25) is 0 Å². The van der Waals surface area contributed by atoms with Gasteiger partial charge in [-0.2, -0.15) is 0 Å². The lowest BCUT2D eigenvalue weighted by Crippen LogP contribution is -2.21. The fourth-order valence-corrected chi connectivity index (χ4v) is 2.41. The first-order valence-electron chi connectivity index (χ1n) is 6.18. The minimum atomic E-state index is -0.939. The number of aryl methyl sites for hydroxylation is 1. The third-order valence-electron chi connectivity index (χ3n) is 3.45. The quantitative estimate of drug-likeness (QED) is 0.842. The van der Waals surface area contributed by atoms with Gasteiger partial charge in [-0.1, -0.05) is 0 Å². The second-order valence-electron chi connectivity index (χ2n) is 4.72. The number of aliphatic hydroxyl groups excluding tert-OH is 1. The predicted molar refractivity (Wildman–Crippen MR) is 68.0 cm³/mol. The molecule has 0 aliphatic carbocycles. The summed E-state index contributed by atoms with van der Waals surface area (Å²) in [6.45, 7) is 3.75. The molecule has 1 aliphatic rings. The summed E-state index contributed by atoms with van der Waals surface area (Å²) in [4.78, 5) is 17.4. The van der Waals surface area contributed by atoms with Crippen LogP contribution in [-0.4, -0.2) is 40.9 Å². The van der Waals surface area contributed by atoms with Crippen molar-refractivity contribution < 1.29 is 15.0 Å². The van der Waals surface area contributed by atoms with Crippen LogP contribution in [0.1, 0.15) is 28.9 Å². The molecular formula is C13H18N2O3. The molecule has 5 heteroatoms. The number of carboxylic acid groups (broad SMARTS) is 1. The van der Waals surface area contributed by atoms with Crippen molar-refractivity contribution in [1.82, 2.24) is 4.98 Å². The van der Waals surface area contributed by atoms with Crippen molar-refractivity contribution >= 4 is 11.8 Å².